The molecule has 0 aromatic heterocycles. The fourth-order valence-electron chi connectivity index (χ4n) is 4.96. The molecule has 0 radical (unpaired) electrons. The monoisotopic (exact) mass is 264 g/mol. The van der Waals surface area contributed by atoms with Crippen molar-refractivity contribution in [2.75, 3.05) is 13.1 Å². The van der Waals surface area contributed by atoms with Crippen LogP contribution in [-0.4, -0.2) is 36.1 Å². The predicted octanol–water partition coefficient (Wildman–Crippen LogP) is 3.56. The Bertz CT molecular complexity index is 296. The molecule has 3 aliphatic rings. The van der Waals surface area contributed by atoms with E-state index in [0.29, 0.717) is 0 Å². The second kappa shape index (κ2) is 5.73. The molecular formula is C17H32N2. The first-order valence-corrected chi connectivity index (χ1v) is 8.78. The summed E-state index contributed by atoms with van der Waals surface area (Å²) in [5.41, 5.74) is 0.737. The molecule has 3 rings (SSSR count). The summed E-state index contributed by atoms with van der Waals surface area (Å²) in [5.74, 6) is 0. The summed E-state index contributed by atoms with van der Waals surface area (Å²) in [6.07, 6.45) is 13.1. The molecular weight excluding hydrogens is 232 g/mol. The van der Waals surface area contributed by atoms with Gasteiger partial charge in [-0.1, -0.05) is 33.1 Å². The maximum absolute atomic E-state index is 3.75. The van der Waals surface area contributed by atoms with Gasteiger partial charge in [-0.25, -0.2) is 0 Å². The van der Waals surface area contributed by atoms with Gasteiger partial charge in [0.05, 0.1) is 0 Å². The van der Waals surface area contributed by atoms with Gasteiger partial charge >= 0.3 is 0 Å². The molecule has 2 nitrogen and oxygen atoms in total. The topological polar surface area (TPSA) is 15.3 Å². The molecule has 3 atom stereocenters. The zero-order chi connectivity index (χ0) is 13.3. The Morgan fingerprint density at radius 1 is 1.05 bits per heavy atom. The molecule has 0 aromatic rings. The molecule has 2 saturated carbocycles. The van der Waals surface area contributed by atoms with Crippen LogP contribution in [0.15, 0.2) is 0 Å². The van der Waals surface area contributed by atoms with E-state index in [-0.39, 0.29) is 0 Å². The summed E-state index contributed by atoms with van der Waals surface area (Å²) in [6, 6.07) is 2.46. The number of nitrogens with zero attached hydrogens (tertiary/aromatic N) is 1. The lowest BCUT2D eigenvalue weighted by molar-refractivity contribution is -0.0837. The van der Waals surface area contributed by atoms with E-state index in [1.807, 2.05) is 0 Å². The molecule has 1 spiro atoms. The minimum Gasteiger partial charge on any atom is -0.311 e. The highest BCUT2D eigenvalue weighted by Crippen LogP contribution is 2.54. The first-order valence-electron chi connectivity index (χ1n) is 8.78. The van der Waals surface area contributed by atoms with E-state index in [1.165, 1.54) is 70.9 Å². The van der Waals surface area contributed by atoms with Crippen molar-refractivity contribution >= 4 is 0 Å². The second-order valence-corrected chi connectivity index (χ2v) is 7.25. The third-order valence-electron chi connectivity index (χ3n) is 6.38. The van der Waals surface area contributed by atoms with Crippen LogP contribution >= 0.6 is 0 Å². The van der Waals surface area contributed by atoms with Gasteiger partial charge in [0.15, 0.2) is 0 Å². The molecule has 0 amide bonds. The minimum atomic E-state index is 0.737. The van der Waals surface area contributed by atoms with Crippen molar-refractivity contribution in [3.05, 3.63) is 0 Å². The number of piperazine rings is 1. The van der Waals surface area contributed by atoms with Crippen molar-refractivity contribution in [1.82, 2.24) is 10.2 Å². The van der Waals surface area contributed by atoms with Gasteiger partial charge in [0.25, 0.3) is 0 Å². The van der Waals surface area contributed by atoms with Gasteiger partial charge in [0.1, 0.15) is 0 Å². The van der Waals surface area contributed by atoms with Gasteiger partial charge < -0.3 is 5.32 Å². The molecule has 0 aromatic carbocycles. The van der Waals surface area contributed by atoms with Crippen molar-refractivity contribution in [3.8, 4) is 0 Å². The number of hydrogen-bond donors (Lipinski definition) is 1. The lowest BCUT2D eigenvalue weighted by atomic mass is 9.56. The fraction of sp³-hybridized carbons (Fsp3) is 1.00. The molecule has 3 fully saturated rings. The summed E-state index contributed by atoms with van der Waals surface area (Å²) >= 11 is 0. The minimum absolute atomic E-state index is 0.737. The Labute approximate surface area is 119 Å². The van der Waals surface area contributed by atoms with Crippen molar-refractivity contribution in [3.63, 3.8) is 0 Å². The first kappa shape index (κ1) is 13.9. The molecule has 1 aliphatic heterocycles. The van der Waals surface area contributed by atoms with Crippen LogP contribution in [-0.2, 0) is 0 Å². The molecule has 1 N–H and O–H groups in total. The zero-order valence-electron chi connectivity index (χ0n) is 13.0. The third-order valence-corrected chi connectivity index (χ3v) is 6.38. The van der Waals surface area contributed by atoms with Crippen LogP contribution in [0.4, 0.5) is 0 Å². The van der Waals surface area contributed by atoms with Gasteiger partial charge in [-0.15, -0.1) is 0 Å². The molecule has 3 unspecified atom stereocenters. The number of nitrogens with one attached hydrogen (secondary N) is 1. The number of hydrogen-bond acceptors (Lipinski definition) is 2. The van der Waals surface area contributed by atoms with Gasteiger partial charge in [0.2, 0.25) is 0 Å². The lowest BCUT2D eigenvalue weighted by Crippen LogP contribution is -2.65. The van der Waals surface area contributed by atoms with Gasteiger partial charge in [-0.3, -0.25) is 4.90 Å². The van der Waals surface area contributed by atoms with E-state index < -0.39 is 0 Å². The SMILES string of the molecule is CCC1CN(C2CCC23CCCCC3)C(CC)CN1. The average molecular weight is 264 g/mol. The van der Waals surface area contributed by atoms with Gasteiger partial charge in [0, 0.05) is 31.2 Å². The van der Waals surface area contributed by atoms with Crippen molar-refractivity contribution in [2.24, 2.45) is 5.41 Å². The molecule has 1 heterocycles. The highest BCUT2D eigenvalue weighted by Gasteiger charge is 2.51. The Kier molecular flexibility index (Phi) is 4.19. The fourth-order valence-corrected chi connectivity index (χ4v) is 4.96. The van der Waals surface area contributed by atoms with Crippen LogP contribution in [0, 0.1) is 5.41 Å². The summed E-state index contributed by atoms with van der Waals surface area (Å²) in [4.78, 5) is 2.93. The predicted molar refractivity (Wildman–Crippen MR) is 81.4 cm³/mol. The second-order valence-electron chi connectivity index (χ2n) is 7.25. The Hall–Kier alpha value is -0.0800. The summed E-state index contributed by atoms with van der Waals surface area (Å²) < 4.78 is 0. The van der Waals surface area contributed by atoms with Gasteiger partial charge in [-0.2, -0.15) is 0 Å². The van der Waals surface area contributed by atoms with Crippen LogP contribution in [0.3, 0.4) is 0 Å². The standard InChI is InChI=1S/C17H32N2/c1-3-14-13-19(15(4-2)12-18-14)16-8-11-17(16)9-6-5-7-10-17/h14-16,18H,3-13H2,1-2H3. The van der Waals surface area contributed by atoms with Gasteiger partial charge in [-0.05, 0) is 43.9 Å². The van der Waals surface area contributed by atoms with Crippen LogP contribution in [0.1, 0.15) is 71.6 Å². The Morgan fingerprint density at radius 2 is 1.84 bits per heavy atom. The smallest absolute Gasteiger partial charge is 0.0221 e. The van der Waals surface area contributed by atoms with E-state index in [1.54, 1.807) is 0 Å². The summed E-state index contributed by atoms with van der Waals surface area (Å²) in [6.45, 7) is 7.24. The Balaban J connectivity index is 1.71. The van der Waals surface area contributed by atoms with E-state index in [9.17, 15) is 0 Å². The molecule has 110 valence electrons. The third kappa shape index (κ3) is 2.47. The molecule has 0 bridgehead atoms. The molecule has 19 heavy (non-hydrogen) atoms. The zero-order valence-corrected chi connectivity index (χ0v) is 13.0. The molecule has 2 aliphatic carbocycles. The van der Waals surface area contributed by atoms with Crippen molar-refractivity contribution < 1.29 is 0 Å². The normalized spacial score (nSPS) is 39.2. The van der Waals surface area contributed by atoms with Crippen LogP contribution < -0.4 is 5.32 Å². The van der Waals surface area contributed by atoms with E-state index in [0.717, 1.165) is 23.5 Å². The highest BCUT2D eigenvalue weighted by atomic mass is 15.3. The van der Waals surface area contributed by atoms with E-state index >= 15 is 0 Å². The van der Waals surface area contributed by atoms with Crippen LogP contribution in [0.2, 0.25) is 0 Å². The first-order chi connectivity index (χ1) is 9.29. The Morgan fingerprint density at radius 3 is 2.42 bits per heavy atom. The lowest BCUT2D eigenvalue weighted by Gasteiger charge is -2.59. The summed E-state index contributed by atoms with van der Waals surface area (Å²) in [7, 11) is 0. The van der Waals surface area contributed by atoms with Crippen molar-refractivity contribution in [2.45, 2.75) is 89.8 Å². The summed E-state index contributed by atoms with van der Waals surface area (Å²) in [5, 5.41) is 3.75. The maximum Gasteiger partial charge on any atom is 0.0221 e. The van der Waals surface area contributed by atoms with E-state index in [2.05, 4.69) is 24.1 Å². The molecule has 2 heteroatoms. The maximum atomic E-state index is 3.75. The van der Waals surface area contributed by atoms with Crippen LogP contribution in [0.5, 0.6) is 0 Å². The van der Waals surface area contributed by atoms with Crippen LogP contribution in [0.25, 0.3) is 0 Å². The number of rotatable bonds is 3. The van der Waals surface area contributed by atoms with E-state index in [4.69, 9.17) is 0 Å². The highest BCUT2D eigenvalue weighted by molar-refractivity contribution is 5.05. The average Bonchev–Trinajstić information content (AvgIpc) is 2.47. The quantitative estimate of drug-likeness (QED) is 0.838. The largest absolute Gasteiger partial charge is 0.311 e. The van der Waals surface area contributed by atoms with Crippen molar-refractivity contribution in [1.29, 1.82) is 0 Å². The molecule has 1 saturated heterocycles.